The van der Waals surface area contributed by atoms with E-state index in [1.165, 1.54) is 12.3 Å². The molecule has 7 nitrogen and oxygen atoms in total. The van der Waals surface area contributed by atoms with Crippen LogP contribution in [0.3, 0.4) is 0 Å². The Morgan fingerprint density at radius 1 is 1.29 bits per heavy atom. The number of nitro groups is 1. The largest absolute Gasteiger partial charge is 0.387 e. The molecule has 1 aromatic heterocycles. The van der Waals surface area contributed by atoms with E-state index in [-0.39, 0.29) is 11.4 Å². The SMILES string of the molecule is CNc1ccc(C(=O)Nc2cc(F)cc([N+](=O)[O-])c2)nc1. The average molecular weight is 290 g/mol. The van der Waals surface area contributed by atoms with Gasteiger partial charge in [0.05, 0.1) is 28.6 Å². The summed E-state index contributed by atoms with van der Waals surface area (Å²) in [5.41, 5.74) is 0.392. The van der Waals surface area contributed by atoms with Gasteiger partial charge in [0.1, 0.15) is 11.5 Å². The van der Waals surface area contributed by atoms with E-state index in [0.717, 1.165) is 23.9 Å². The molecule has 0 saturated heterocycles. The van der Waals surface area contributed by atoms with Crippen LogP contribution in [0, 0.1) is 15.9 Å². The Balaban J connectivity index is 2.20. The summed E-state index contributed by atoms with van der Waals surface area (Å²) in [6, 6.07) is 5.97. The van der Waals surface area contributed by atoms with Crippen molar-refractivity contribution in [1.29, 1.82) is 0 Å². The van der Waals surface area contributed by atoms with Crippen LogP contribution in [0.1, 0.15) is 10.5 Å². The minimum atomic E-state index is -0.807. The number of non-ortho nitro benzene ring substituents is 1. The lowest BCUT2D eigenvalue weighted by Gasteiger charge is -2.06. The van der Waals surface area contributed by atoms with Crippen molar-refractivity contribution in [3.63, 3.8) is 0 Å². The number of nitrogens with zero attached hydrogens (tertiary/aromatic N) is 2. The van der Waals surface area contributed by atoms with Gasteiger partial charge in [0.2, 0.25) is 0 Å². The highest BCUT2D eigenvalue weighted by Gasteiger charge is 2.13. The van der Waals surface area contributed by atoms with Crippen molar-refractivity contribution >= 4 is 23.0 Å². The van der Waals surface area contributed by atoms with Crippen LogP contribution in [0.25, 0.3) is 0 Å². The Kier molecular flexibility index (Phi) is 4.07. The van der Waals surface area contributed by atoms with Gasteiger partial charge in [-0.3, -0.25) is 14.9 Å². The van der Waals surface area contributed by atoms with Crippen LogP contribution in [0.2, 0.25) is 0 Å². The molecule has 0 aliphatic heterocycles. The summed E-state index contributed by atoms with van der Waals surface area (Å²) in [5.74, 6) is -1.39. The van der Waals surface area contributed by atoms with Crippen LogP contribution >= 0.6 is 0 Å². The predicted octanol–water partition coefficient (Wildman–Crippen LogP) is 2.42. The summed E-state index contributed by atoms with van der Waals surface area (Å²) < 4.78 is 13.3. The molecule has 0 bridgehead atoms. The van der Waals surface area contributed by atoms with E-state index >= 15 is 0 Å². The van der Waals surface area contributed by atoms with Gasteiger partial charge in [0.15, 0.2) is 0 Å². The third kappa shape index (κ3) is 3.50. The van der Waals surface area contributed by atoms with Crippen LogP contribution < -0.4 is 10.6 Å². The fraction of sp³-hybridized carbons (Fsp3) is 0.0769. The van der Waals surface area contributed by atoms with Crippen molar-refractivity contribution in [2.24, 2.45) is 0 Å². The number of anilines is 2. The van der Waals surface area contributed by atoms with Crippen molar-refractivity contribution < 1.29 is 14.1 Å². The zero-order chi connectivity index (χ0) is 15.4. The van der Waals surface area contributed by atoms with E-state index < -0.39 is 22.3 Å². The van der Waals surface area contributed by atoms with Crippen LogP contribution in [0.15, 0.2) is 36.5 Å². The molecule has 0 saturated carbocycles. The highest BCUT2D eigenvalue weighted by molar-refractivity contribution is 6.03. The summed E-state index contributed by atoms with van der Waals surface area (Å²) in [6.45, 7) is 0. The number of benzene rings is 1. The van der Waals surface area contributed by atoms with E-state index in [2.05, 4.69) is 15.6 Å². The summed E-state index contributed by atoms with van der Waals surface area (Å²) in [5, 5.41) is 15.9. The molecule has 0 aliphatic rings. The first-order chi connectivity index (χ1) is 9.99. The smallest absolute Gasteiger partial charge is 0.274 e. The maximum atomic E-state index is 13.3. The van der Waals surface area contributed by atoms with E-state index in [0.29, 0.717) is 0 Å². The van der Waals surface area contributed by atoms with E-state index in [1.54, 1.807) is 13.1 Å². The second-order valence-corrected chi connectivity index (χ2v) is 4.09. The summed E-state index contributed by atoms with van der Waals surface area (Å²) in [7, 11) is 1.71. The maximum Gasteiger partial charge on any atom is 0.274 e. The molecule has 2 aromatic rings. The van der Waals surface area contributed by atoms with Crippen molar-refractivity contribution in [1.82, 2.24) is 4.98 Å². The van der Waals surface area contributed by atoms with Crippen molar-refractivity contribution in [2.45, 2.75) is 0 Å². The quantitative estimate of drug-likeness (QED) is 0.665. The number of aromatic nitrogens is 1. The Morgan fingerprint density at radius 2 is 2.05 bits per heavy atom. The molecule has 0 radical (unpaired) electrons. The molecular formula is C13H11FN4O3. The second kappa shape index (κ2) is 5.95. The minimum absolute atomic E-state index is 0.00815. The molecule has 8 heteroatoms. The summed E-state index contributed by atoms with van der Waals surface area (Å²) in [6.07, 6.45) is 1.46. The second-order valence-electron chi connectivity index (χ2n) is 4.09. The van der Waals surface area contributed by atoms with Crippen LogP contribution in [0.5, 0.6) is 0 Å². The standard InChI is InChI=1S/C13H11FN4O3/c1-15-9-2-3-12(16-7-9)13(19)17-10-4-8(14)5-11(6-10)18(20)21/h2-7,15H,1H3,(H,17,19). The van der Waals surface area contributed by atoms with Crippen LogP contribution in [0.4, 0.5) is 21.5 Å². The number of nitro benzene ring substituents is 1. The molecule has 0 unspecified atom stereocenters. The van der Waals surface area contributed by atoms with Gasteiger partial charge in [-0.1, -0.05) is 0 Å². The number of hydrogen-bond acceptors (Lipinski definition) is 5. The van der Waals surface area contributed by atoms with Gasteiger partial charge in [-0.15, -0.1) is 0 Å². The van der Waals surface area contributed by atoms with Crippen LogP contribution in [-0.2, 0) is 0 Å². The third-order valence-corrected chi connectivity index (χ3v) is 2.64. The lowest BCUT2D eigenvalue weighted by Crippen LogP contribution is -2.14. The maximum absolute atomic E-state index is 13.3. The first-order valence-corrected chi connectivity index (χ1v) is 5.90. The van der Waals surface area contributed by atoms with Gasteiger partial charge in [-0.25, -0.2) is 9.37 Å². The number of rotatable bonds is 4. The predicted molar refractivity (Wildman–Crippen MR) is 74.8 cm³/mol. The molecule has 21 heavy (non-hydrogen) atoms. The average Bonchev–Trinajstić information content (AvgIpc) is 2.46. The number of pyridine rings is 1. The highest BCUT2D eigenvalue weighted by Crippen LogP contribution is 2.20. The fourth-order valence-corrected chi connectivity index (χ4v) is 1.62. The number of nitrogens with one attached hydrogen (secondary N) is 2. The van der Waals surface area contributed by atoms with Gasteiger partial charge in [0.25, 0.3) is 11.6 Å². The zero-order valence-electron chi connectivity index (χ0n) is 11.0. The Hall–Kier alpha value is -3.03. The lowest BCUT2D eigenvalue weighted by atomic mass is 10.2. The van der Waals surface area contributed by atoms with Gasteiger partial charge < -0.3 is 10.6 Å². The summed E-state index contributed by atoms with van der Waals surface area (Å²) in [4.78, 5) is 25.7. The minimum Gasteiger partial charge on any atom is -0.387 e. The molecule has 2 rings (SSSR count). The van der Waals surface area contributed by atoms with E-state index in [4.69, 9.17) is 0 Å². The fourth-order valence-electron chi connectivity index (χ4n) is 1.62. The topological polar surface area (TPSA) is 97.2 Å². The number of carbonyl (C=O) groups is 1. The van der Waals surface area contributed by atoms with Gasteiger partial charge in [-0.2, -0.15) is 0 Å². The number of halogens is 1. The monoisotopic (exact) mass is 290 g/mol. The Morgan fingerprint density at radius 3 is 2.62 bits per heavy atom. The molecule has 0 fully saturated rings. The van der Waals surface area contributed by atoms with Crippen molar-refractivity contribution in [2.75, 3.05) is 17.7 Å². The number of carbonyl (C=O) groups excluding carboxylic acids is 1. The highest BCUT2D eigenvalue weighted by atomic mass is 19.1. The van der Waals surface area contributed by atoms with Gasteiger partial charge in [-0.05, 0) is 18.2 Å². The summed E-state index contributed by atoms with van der Waals surface area (Å²) >= 11 is 0. The van der Waals surface area contributed by atoms with E-state index in [1.807, 2.05) is 0 Å². The Labute approximate surface area is 119 Å². The Bertz CT molecular complexity index is 688. The third-order valence-electron chi connectivity index (χ3n) is 2.64. The van der Waals surface area contributed by atoms with Gasteiger partial charge >= 0.3 is 0 Å². The lowest BCUT2D eigenvalue weighted by molar-refractivity contribution is -0.385. The van der Waals surface area contributed by atoms with Crippen LogP contribution in [-0.4, -0.2) is 22.9 Å². The normalized spacial score (nSPS) is 10.0. The number of amides is 1. The molecule has 0 spiro atoms. The van der Waals surface area contributed by atoms with Gasteiger partial charge in [0, 0.05) is 13.1 Å². The molecule has 2 N–H and O–H groups in total. The molecule has 0 atom stereocenters. The molecule has 108 valence electrons. The molecular weight excluding hydrogens is 279 g/mol. The van der Waals surface area contributed by atoms with Crippen molar-refractivity contribution in [3.05, 3.63) is 58.2 Å². The van der Waals surface area contributed by atoms with E-state index in [9.17, 15) is 19.3 Å². The number of hydrogen-bond donors (Lipinski definition) is 2. The first-order valence-electron chi connectivity index (χ1n) is 5.90. The molecule has 1 aromatic carbocycles. The molecule has 1 heterocycles. The molecule has 0 aliphatic carbocycles. The zero-order valence-corrected chi connectivity index (χ0v) is 11.0. The molecule has 1 amide bonds. The first kappa shape index (κ1) is 14.4. The van der Waals surface area contributed by atoms with Crippen molar-refractivity contribution in [3.8, 4) is 0 Å².